The van der Waals surface area contributed by atoms with E-state index in [1.807, 2.05) is 27.7 Å². The minimum absolute atomic E-state index is 0.0235. The van der Waals surface area contributed by atoms with Gasteiger partial charge in [0.25, 0.3) is 0 Å². The Labute approximate surface area is 818 Å². The number of aromatic nitrogens is 4. The van der Waals surface area contributed by atoms with Gasteiger partial charge in [0.1, 0.15) is 52.8 Å². The molecule has 4 aromatic heterocycles. The molecule has 12 heterocycles. The molecule has 2 unspecified atom stereocenters. The lowest BCUT2D eigenvalue weighted by molar-refractivity contribution is -0.122. The van der Waals surface area contributed by atoms with Crippen molar-refractivity contribution in [2.45, 2.75) is 223 Å². The minimum atomic E-state index is -3.44. The Morgan fingerprint density at radius 1 is 0.359 bits per heavy atom. The molecule has 16 rings (SSSR count). The summed E-state index contributed by atoms with van der Waals surface area (Å²) >= 11 is 0. The molecule has 4 aromatic carbocycles. The lowest BCUT2D eigenvalue weighted by Gasteiger charge is -2.37. The highest BCUT2D eigenvalue weighted by atomic mass is 32.2. The summed E-state index contributed by atoms with van der Waals surface area (Å²) in [6.45, 7) is 33.2. The van der Waals surface area contributed by atoms with Gasteiger partial charge in [0.2, 0.25) is 60.4 Å². The number of benzene rings is 4. The summed E-state index contributed by atoms with van der Waals surface area (Å²) in [6.07, 6.45) is -1.70. The van der Waals surface area contributed by atoms with E-state index < -0.39 is 183 Å². The highest BCUT2D eigenvalue weighted by molar-refractivity contribution is 7.93. The largest absolute Gasteiger partial charge is 0.478 e. The van der Waals surface area contributed by atoms with E-state index in [9.17, 15) is 93.6 Å². The van der Waals surface area contributed by atoms with Crippen molar-refractivity contribution in [2.24, 2.45) is 21.7 Å². The van der Waals surface area contributed by atoms with Gasteiger partial charge in [-0.2, -0.15) is 0 Å². The number of rotatable bonds is 25. The molecule has 0 aliphatic carbocycles. The number of nitrogens with zero attached hydrogens (tertiary/aromatic N) is 8. The van der Waals surface area contributed by atoms with Crippen LogP contribution >= 0.6 is 0 Å². The second-order valence-electron chi connectivity index (χ2n) is 40.8. The van der Waals surface area contributed by atoms with Crippen LogP contribution in [0.3, 0.4) is 0 Å². The number of alkyl halides is 4. The molecule has 0 bridgehead atoms. The van der Waals surface area contributed by atoms with Crippen LogP contribution in [0.25, 0.3) is 0 Å². The van der Waals surface area contributed by atoms with E-state index in [-0.39, 0.29) is 141 Å². The summed E-state index contributed by atoms with van der Waals surface area (Å²) in [7, 11) is -12.8. The number of hydrogen-bond donors (Lipinski definition) is 0. The van der Waals surface area contributed by atoms with Gasteiger partial charge in [-0.25, -0.2) is 97.5 Å². The van der Waals surface area contributed by atoms with Crippen LogP contribution in [0.2, 0.25) is 0 Å². The zero-order chi connectivity index (χ0) is 105. The third kappa shape index (κ3) is 21.6. The number of halogens is 10. The number of carbonyl (C=O) groups is 7. The molecule has 27 nitrogen and oxygen atoms in total. The van der Waals surface area contributed by atoms with Gasteiger partial charge in [-0.1, -0.05) is 41.2 Å². The van der Waals surface area contributed by atoms with Crippen molar-refractivity contribution in [3.05, 3.63) is 200 Å². The monoisotopic (exact) mass is 2060 g/mol. The van der Waals surface area contributed by atoms with E-state index in [4.69, 9.17) is 18.9 Å². The third-order valence-electron chi connectivity index (χ3n) is 28.0. The van der Waals surface area contributed by atoms with Crippen molar-refractivity contribution in [1.82, 2.24) is 19.9 Å². The van der Waals surface area contributed by atoms with Crippen LogP contribution in [0.15, 0.2) is 110 Å². The number of anilines is 8. The number of carbonyl (C=O) groups excluding carboxylic acids is 7. The molecule has 142 heavy (non-hydrogen) atoms. The molecule has 0 radical (unpaired) electrons. The molecular weight excluding hydrogens is 1950 g/mol. The maximum Gasteiger partial charge on any atom is 0.244 e. The number of fused-ring (bicyclic) bond motifs is 4. The summed E-state index contributed by atoms with van der Waals surface area (Å²) in [6, 6.07) is 15.5. The van der Waals surface area contributed by atoms with Crippen molar-refractivity contribution >= 4 is 126 Å². The van der Waals surface area contributed by atoms with E-state index in [0.29, 0.717) is 101 Å². The highest BCUT2D eigenvalue weighted by Gasteiger charge is 2.54. The summed E-state index contributed by atoms with van der Waals surface area (Å²) in [5, 5.41) is 0. The van der Waals surface area contributed by atoms with Gasteiger partial charge in [-0.15, -0.1) is 0 Å². The Morgan fingerprint density at radius 3 is 0.944 bits per heavy atom. The van der Waals surface area contributed by atoms with E-state index in [1.54, 1.807) is 101 Å². The van der Waals surface area contributed by atoms with Gasteiger partial charge < -0.3 is 23.8 Å². The van der Waals surface area contributed by atoms with Crippen LogP contribution in [0, 0.1) is 70.4 Å². The van der Waals surface area contributed by atoms with Gasteiger partial charge in [0.15, 0.2) is 44.6 Å². The predicted molar refractivity (Wildman–Crippen MR) is 512 cm³/mol. The molecule has 0 saturated carbocycles. The summed E-state index contributed by atoms with van der Waals surface area (Å²) in [4.78, 5) is 114. The average molecular weight is 2060 g/mol. The maximum atomic E-state index is 15.4. The quantitative estimate of drug-likeness (QED) is 0.0379. The molecule has 4 saturated heterocycles. The van der Waals surface area contributed by atoms with E-state index in [1.165, 1.54) is 51.1 Å². The average Bonchev–Trinajstić information content (AvgIpc) is 1.65. The zero-order valence-corrected chi connectivity index (χ0v) is 84.8. The number of sulfone groups is 4. The summed E-state index contributed by atoms with van der Waals surface area (Å²) in [5.41, 5.74) is -3.39. The first-order valence-corrected chi connectivity index (χ1v) is 53.3. The molecular formula is C101H112F10N8O19S4. The van der Waals surface area contributed by atoms with E-state index >= 15 is 17.6 Å². The Bertz CT molecular complexity index is 6960. The van der Waals surface area contributed by atoms with Gasteiger partial charge in [-0.3, -0.25) is 48.3 Å². The van der Waals surface area contributed by atoms with Crippen molar-refractivity contribution < 1.29 is 130 Å². The highest BCUT2D eigenvalue weighted by Crippen LogP contribution is 2.56. The number of allylic oxidation sites excluding steroid dienone is 1. The van der Waals surface area contributed by atoms with Gasteiger partial charge in [-0.05, 0) is 201 Å². The number of amides is 3. The lowest BCUT2D eigenvalue weighted by Crippen LogP contribution is -2.47. The number of ketones is 4. The van der Waals surface area contributed by atoms with Crippen LogP contribution in [-0.2, 0) is 75.4 Å². The van der Waals surface area contributed by atoms with Crippen molar-refractivity contribution in [3.8, 4) is 23.5 Å². The first-order chi connectivity index (χ1) is 65.8. The van der Waals surface area contributed by atoms with Gasteiger partial charge >= 0.3 is 0 Å². The molecule has 3 amide bonds. The van der Waals surface area contributed by atoms with Crippen LogP contribution in [0.4, 0.5) is 89.4 Å². The summed E-state index contributed by atoms with van der Waals surface area (Å²) < 4.78 is 260. The second-order valence-corrected chi connectivity index (χ2v) is 49.8. The molecule has 8 aliphatic heterocycles. The fraction of sp³-hybridized carbons (Fsp3) is 0.475. The summed E-state index contributed by atoms with van der Waals surface area (Å²) in [5.74, 6) is -9.21. The number of hydrogen-bond acceptors (Lipinski definition) is 24. The number of aryl methyl sites for hydroxylation is 2. The molecule has 764 valence electrons. The van der Waals surface area contributed by atoms with Crippen LogP contribution < -0.4 is 38.5 Å². The Balaban J connectivity index is 0.000000159. The molecule has 0 spiro atoms. The van der Waals surface area contributed by atoms with E-state index in [0.717, 1.165) is 61.0 Å². The lowest BCUT2D eigenvalue weighted by atomic mass is 9.76. The SMILES string of the molecule is C=C1N(c2cc(OC(C)F)ncc2F)c2cc(F)c(C(=O)CC3(C)CS(=O)(=O)C3)cc2C1(C)C.CC(F)Oc1cc(N2C(=O)C(C)(C)c3cc(C(=O)CC4(C)CCS(=O)(=O)CC4)c(F)cc32)c(F)cn1.CCOc1cc(N2C(=O)C(C)(C)c3cc(C(=O)CC4(C(F)F)CCS(=O)(=O)CC4)c(F)cc32)c(C)cn1.CCOc1cc(N2C(=O)C(C)(C)c3cc(C(=O)CC4(C)CCS(=O)(=O)CC4)c(F)cc32)c(C)cn1. The Hall–Kier alpha value is -11.6. The van der Waals surface area contributed by atoms with Crippen molar-refractivity contribution in [3.63, 3.8) is 0 Å². The molecule has 8 aromatic rings. The molecule has 2 atom stereocenters. The van der Waals surface area contributed by atoms with Crippen LogP contribution in [-0.4, -0.2) is 173 Å². The standard InChI is InChI=1S/C26H29F3N2O5S.C26H31FN2O5S.C25H27F3N2O5S.C24H25F3N2O4S/c1-5-36-22-12-19(15(2)14-30-22)31-20-11-18(27)16(10-17(20)25(3,4)24(31)33)21(32)13-26(23(28)29)6-8-37(34,35)9-7-26;1-6-34-23-13-20(16(2)15-28-23)29-21-12-19(27)17(11-18(21)25(3,4)24(29)31)22(30)14-26(5)7-9-35(32,33)10-8-26;1-14(26)35-22-11-20(18(28)13-29-22)30-19-10-17(27)15(9-16(19)24(2,3)23(30)32)21(31)12-25(4)5-7-36(33,34)8-6-25;1-13-23(3,4)16-6-15(21(30)9-24(5)11-34(31,32)12-24)17(26)7-19(16)29(13)20-8-22(33-14(2)25)28-10-18(20)27/h10-12,14,23H,5-9,13H2,1-4H3;11-13,15H,6-10,14H2,1-5H3;9-11,13-14H,5-8,12H2,1-4H3;6-8,10,14H,1,9,11-12H2,2-5H3. The third-order valence-corrected chi connectivity index (χ3v) is 35.2. The number of ether oxygens (including phenoxy) is 4. The smallest absolute Gasteiger partial charge is 0.244 e. The second kappa shape index (κ2) is 39.2. The minimum Gasteiger partial charge on any atom is -0.478 e. The number of pyridine rings is 4. The van der Waals surface area contributed by atoms with Crippen molar-refractivity contribution in [2.75, 3.05) is 78.8 Å². The number of Topliss-reactive ketones (excluding diaryl/α,β-unsaturated/α-hetero) is 4. The topological polar surface area (TPSA) is 357 Å². The van der Waals surface area contributed by atoms with Crippen LogP contribution in [0.5, 0.6) is 23.5 Å². The fourth-order valence-corrected chi connectivity index (χ4v) is 26.8. The fourth-order valence-electron chi connectivity index (χ4n) is 19.3. The van der Waals surface area contributed by atoms with Crippen LogP contribution in [0.1, 0.15) is 243 Å². The maximum absolute atomic E-state index is 15.4. The molecule has 41 heteroatoms. The predicted octanol–water partition coefficient (Wildman–Crippen LogP) is 19.4. The van der Waals surface area contributed by atoms with Crippen molar-refractivity contribution in [1.29, 1.82) is 0 Å². The zero-order valence-electron chi connectivity index (χ0n) is 81.6. The normalized spacial score (nSPS) is 20.2. The van der Waals surface area contributed by atoms with Gasteiger partial charge in [0.05, 0.1) is 156 Å². The molecule has 0 N–H and O–H groups in total. The Kier molecular flexibility index (Phi) is 29.7. The van der Waals surface area contributed by atoms with Gasteiger partial charge in [0, 0.05) is 98.1 Å². The first kappa shape index (κ1) is 108. The molecule has 4 fully saturated rings. The first-order valence-electron chi connectivity index (χ1n) is 46.0. The Morgan fingerprint density at radius 2 is 0.634 bits per heavy atom. The molecule has 8 aliphatic rings. The van der Waals surface area contributed by atoms with E-state index in [2.05, 4.69) is 26.5 Å².